The molecule has 2 aliphatic heterocycles. The molecule has 2 fully saturated rings. The summed E-state index contributed by atoms with van der Waals surface area (Å²) in [6.45, 7) is 3.01. The average Bonchev–Trinajstić information content (AvgIpc) is 3.26. The predicted molar refractivity (Wildman–Crippen MR) is 115 cm³/mol. The number of hydrogen-bond acceptors (Lipinski definition) is 5. The highest BCUT2D eigenvalue weighted by molar-refractivity contribution is 6.06. The molecule has 31 heavy (non-hydrogen) atoms. The van der Waals surface area contributed by atoms with E-state index in [1.807, 2.05) is 12.1 Å². The highest BCUT2D eigenvalue weighted by atomic mass is 19.1. The molecule has 6 nitrogen and oxygen atoms in total. The lowest BCUT2D eigenvalue weighted by atomic mass is 10.1. The number of rotatable bonds is 6. The molecule has 0 saturated carbocycles. The van der Waals surface area contributed by atoms with Crippen molar-refractivity contribution in [3.8, 4) is 0 Å². The number of nitrogens with one attached hydrogen (secondary N) is 1. The second kappa shape index (κ2) is 10.2. The van der Waals surface area contributed by atoms with E-state index in [9.17, 15) is 14.0 Å². The molecular formula is C24H30FN3O3. The smallest absolute Gasteiger partial charge is 0.260 e. The van der Waals surface area contributed by atoms with Gasteiger partial charge in [0.05, 0.1) is 18.3 Å². The number of piperidine rings is 1. The standard InChI is InChI=1S/C24H30FN3O3/c25-19-11-9-18(10-12-19)23(29)28-15-5-2-7-20(24(28)30)26-17-21(22-8-6-16-31-22)27-13-3-1-4-14-27/h6,8-12,16,20-21,26H,1-5,7,13-15,17H2. The van der Waals surface area contributed by atoms with E-state index < -0.39 is 11.9 Å². The van der Waals surface area contributed by atoms with Gasteiger partial charge in [0, 0.05) is 18.7 Å². The molecule has 1 aromatic heterocycles. The number of halogens is 1. The lowest BCUT2D eigenvalue weighted by Crippen LogP contribution is -2.50. The minimum absolute atomic E-state index is 0.0626. The molecule has 2 saturated heterocycles. The van der Waals surface area contributed by atoms with E-state index in [1.165, 1.54) is 48.4 Å². The Bertz CT molecular complexity index is 863. The molecular weight excluding hydrogens is 397 g/mol. The quantitative estimate of drug-likeness (QED) is 0.711. The number of furan rings is 1. The minimum atomic E-state index is -0.422. The predicted octanol–water partition coefficient (Wildman–Crippen LogP) is 3.76. The number of benzene rings is 1. The van der Waals surface area contributed by atoms with Gasteiger partial charge in [-0.1, -0.05) is 6.42 Å². The van der Waals surface area contributed by atoms with Gasteiger partial charge in [-0.25, -0.2) is 4.39 Å². The van der Waals surface area contributed by atoms with Crippen molar-refractivity contribution in [2.75, 3.05) is 26.2 Å². The molecule has 4 rings (SSSR count). The van der Waals surface area contributed by atoms with Crippen LogP contribution in [-0.4, -0.2) is 53.8 Å². The maximum atomic E-state index is 13.2. The van der Waals surface area contributed by atoms with Crippen LogP contribution >= 0.6 is 0 Å². The maximum absolute atomic E-state index is 13.2. The van der Waals surface area contributed by atoms with Gasteiger partial charge in [0.15, 0.2) is 0 Å². The van der Waals surface area contributed by atoms with Gasteiger partial charge in [0.25, 0.3) is 5.91 Å². The molecule has 1 N–H and O–H groups in total. The number of carbonyl (C=O) groups excluding carboxylic acids is 2. The van der Waals surface area contributed by atoms with E-state index in [1.54, 1.807) is 6.26 Å². The summed E-state index contributed by atoms with van der Waals surface area (Å²) in [7, 11) is 0. The summed E-state index contributed by atoms with van der Waals surface area (Å²) in [5, 5.41) is 3.44. The summed E-state index contributed by atoms with van der Waals surface area (Å²) < 4.78 is 18.9. The number of amides is 2. The fourth-order valence-corrected chi connectivity index (χ4v) is 4.55. The highest BCUT2D eigenvalue weighted by Gasteiger charge is 2.33. The first-order chi connectivity index (χ1) is 15.1. The Kier molecular flexibility index (Phi) is 7.14. The van der Waals surface area contributed by atoms with Gasteiger partial charge in [-0.3, -0.25) is 19.4 Å². The SMILES string of the molecule is O=C(c1ccc(F)cc1)N1CCCCC(NCC(c2ccco2)N2CCCCC2)C1=O. The summed E-state index contributed by atoms with van der Waals surface area (Å²) in [5.41, 5.74) is 0.331. The fraction of sp³-hybridized carbons (Fsp3) is 0.500. The van der Waals surface area contributed by atoms with Crippen molar-refractivity contribution in [1.82, 2.24) is 15.1 Å². The Morgan fingerprint density at radius 1 is 1.06 bits per heavy atom. The van der Waals surface area contributed by atoms with Crippen LogP contribution in [0.1, 0.15) is 60.7 Å². The van der Waals surface area contributed by atoms with Crippen molar-refractivity contribution in [3.63, 3.8) is 0 Å². The van der Waals surface area contributed by atoms with Gasteiger partial charge in [0.2, 0.25) is 5.91 Å². The van der Waals surface area contributed by atoms with Gasteiger partial charge in [-0.15, -0.1) is 0 Å². The van der Waals surface area contributed by atoms with Gasteiger partial charge >= 0.3 is 0 Å². The second-order valence-electron chi connectivity index (χ2n) is 8.39. The fourth-order valence-electron chi connectivity index (χ4n) is 4.55. The van der Waals surface area contributed by atoms with Crippen LogP contribution in [0, 0.1) is 5.82 Å². The second-order valence-corrected chi connectivity index (χ2v) is 8.39. The molecule has 0 aliphatic carbocycles. The summed E-state index contributed by atoms with van der Waals surface area (Å²) in [6, 6.07) is 8.88. The first kappa shape index (κ1) is 21.7. The Balaban J connectivity index is 1.45. The molecule has 0 bridgehead atoms. The zero-order valence-corrected chi connectivity index (χ0v) is 17.8. The third kappa shape index (κ3) is 5.22. The molecule has 7 heteroatoms. The first-order valence-electron chi connectivity index (χ1n) is 11.3. The molecule has 0 spiro atoms. The van der Waals surface area contributed by atoms with Gasteiger partial charge in [0.1, 0.15) is 11.6 Å². The van der Waals surface area contributed by atoms with Crippen LogP contribution in [0.2, 0.25) is 0 Å². The Morgan fingerprint density at radius 2 is 1.81 bits per heavy atom. The number of imide groups is 1. The zero-order valence-electron chi connectivity index (χ0n) is 17.8. The van der Waals surface area contributed by atoms with E-state index in [-0.39, 0.29) is 17.9 Å². The average molecular weight is 428 g/mol. The summed E-state index contributed by atoms with van der Waals surface area (Å²) in [4.78, 5) is 29.9. The van der Waals surface area contributed by atoms with Gasteiger partial charge < -0.3 is 9.73 Å². The molecule has 2 amide bonds. The minimum Gasteiger partial charge on any atom is -0.468 e. The molecule has 2 aliphatic rings. The highest BCUT2D eigenvalue weighted by Crippen LogP contribution is 2.25. The van der Waals surface area contributed by atoms with Gasteiger partial charge in [-0.05, 0) is 81.6 Å². The van der Waals surface area contributed by atoms with Crippen molar-refractivity contribution in [1.29, 1.82) is 0 Å². The van der Waals surface area contributed by atoms with E-state index in [0.29, 0.717) is 25.1 Å². The number of nitrogens with zero attached hydrogens (tertiary/aromatic N) is 2. The molecule has 0 radical (unpaired) electrons. The van der Waals surface area contributed by atoms with E-state index in [2.05, 4.69) is 10.2 Å². The van der Waals surface area contributed by atoms with Crippen LogP contribution in [0.15, 0.2) is 47.1 Å². The van der Waals surface area contributed by atoms with Crippen LogP contribution in [0.5, 0.6) is 0 Å². The topological polar surface area (TPSA) is 65.8 Å². The van der Waals surface area contributed by atoms with Gasteiger partial charge in [-0.2, -0.15) is 0 Å². The molecule has 1 aromatic carbocycles. The van der Waals surface area contributed by atoms with Crippen LogP contribution in [0.4, 0.5) is 4.39 Å². The molecule has 2 atom stereocenters. The van der Waals surface area contributed by atoms with Crippen LogP contribution < -0.4 is 5.32 Å². The van der Waals surface area contributed by atoms with E-state index in [4.69, 9.17) is 4.42 Å². The van der Waals surface area contributed by atoms with Crippen molar-refractivity contribution < 1.29 is 18.4 Å². The third-order valence-corrected chi connectivity index (χ3v) is 6.29. The van der Waals surface area contributed by atoms with Crippen molar-refractivity contribution in [2.24, 2.45) is 0 Å². The first-order valence-corrected chi connectivity index (χ1v) is 11.3. The number of likely N-dealkylation sites (tertiary alicyclic amines) is 2. The zero-order chi connectivity index (χ0) is 21.6. The Labute approximate surface area is 182 Å². The number of carbonyl (C=O) groups is 2. The summed E-state index contributed by atoms with van der Waals surface area (Å²) >= 11 is 0. The van der Waals surface area contributed by atoms with Crippen molar-refractivity contribution in [2.45, 2.75) is 50.6 Å². The molecule has 166 valence electrons. The maximum Gasteiger partial charge on any atom is 0.260 e. The van der Waals surface area contributed by atoms with E-state index in [0.717, 1.165) is 31.7 Å². The molecule has 3 heterocycles. The largest absolute Gasteiger partial charge is 0.468 e. The summed E-state index contributed by atoms with van der Waals surface area (Å²) in [5.74, 6) is -0.0735. The Hall–Kier alpha value is -2.51. The lowest BCUT2D eigenvalue weighted by Gasteiger charge is -2.34. The van der Waals surface area contributed by atoms with Crippen LogP contribution in [0.3, 0.4) is 0 Å². The monoisotopic (exact) mass is 427 g/mol. The Morgan fingerprint density at radius 3 is 2.52 bits per heavy atom. The molecule has 2 unspecified atom stereocenters. The number of hydrogen-bond donors (Lipinski definition) is 1. The van der Waals surface area contributed by atoms with Crippen LogP contribution in [0.25, 0.3) is 0 Å². The van der Waals surface area contributed by atoms with Crippen molar-refractivity contribution >= 4 is 11.8 Å². The normalized spacial score (nSPS) is 21.6. The third-order valence-electron chi connectivity index (χ3n) is 6.29. The summed E-state index contributed by atoms with van der Waals surface area (Å²) in [6.07, 6.45) is 7.59. The molecule has 2 aromatic rings. The van der Waals surface area contributed by atoms with E-state index >= 15 is 0 Å². The van der Waals surface area contributed by atoms with Crippen molar-refractivity contribution in [3.05, 3.63) is 59.8 Å². The lowest BCUT2D eigenvalue weighted by molar-refractivity contribution is -0.130. The van der Waals surface area contributed by atoms with Crippen LogP contribution in [-0.2, 0) is 4.79 Å².